The van der Waals surface area contributed by atoms with Crippen molar-refractivity contribution in [2.24, 2.45) is 29.4 Å². The highest BCUT2D eigenvalue weighted by Crippen LogP contribution is 2.55. The zero-order valence-electron chi connectivity index (χ0n) is 56.8. The van der Waals surface area contributed by atoms with Gasteiger partial charge in [-0.2, -0.15) is 0 Å². The molecule has 9 aliphatic rings. The number of rotatable bonds is 30. The number of fused-ring (bicyclic) bond motifs is 11. The lowest BCUT2D eigenvalue weighted by Gasteiger charge is -2.50. The molecule has 9 aliphatic heterocycles. The minimum absolute atomic E-state index is 0.00455. The number of methoxy groups -OCH3 is 2. The van der Waals surface area contributed by atoms with Crippen LogP contribution in [0.2, 0.25) is 0 Å². The van der Waals surface area contributed by atoms with Crippen LogP contribution in [0.4, 0.5) is 15.3 Å². The molecule has 0 aliphatic carbocycles. The summed E-state index contributed by atoms with van der Waals surface area (Å²) in [5, 5.41) is 24.9. The first-order chi connectivity index (χ1) is 47.0. The number of aliphatic hydroxyl groups excluding tert-OH is 1. The van der Waals surface area contributed by atoms with Gasteiger partial charge in [-0.1, -0.05) is 50.6 Å². The molecule has 20 atom stereocenters. The van der Waals surface area contributed by atoms with Crippen LogP contribution in [0.15, 0.2) is 60.7 Å². The molecular formula is C70H99N7O21. The van der Waals surface area contributed by atoms with Crippen LogP contribution in [0.5, 0.6) is 0 Å². The third-order valence-electron chi connectivity index (χ3n) is 20.7. The van der Waals surface area contributed by atoms with E-state index in [1.807, 2.05) is 6.92 Å². The summed E-state index contributed by atoms with van der Waals surface area (Å²) in [5.74, 6) is -5.67. The molecule has 0 saturated carbocycles. The number of ketones is 1. The van der Waals surface area contributed by atoms with E-state index in [1.54, 1.807) is 52.3 Å². The predicted molar refractivity (Wildman–Crippen MR) is 348 cm³/mol. The summed E-state index contributed by atoms with van der Waals surface area (Å²) < 4.78 is 65.3. The monoisotopic (exact) mass is 1370 g/mol. The number of carbonyl (C=O) groups excluding carboxylic acids is 9. The smallest absolute Gasteiger partial charge is 0.407 e. The van der Waals surface area contributed by atoms with Crippen molar-refractivity contribution >= 4 is 59.1 Å². The van der Waals surface area contributed by atoms with Gasteiger partial charge in [-0.15, -0.1) is 0 Å². The van der Waals surface area contributed by atoms with Gasteiger partial charge in [0.05, 0.1) is 79.9 Å². The van der Waals surface area contributed by atoms with Gasteiger partial charge in [0.15, 0.2) is 5.79 Å². The van der Waals surface area contributed by atoms with Crippen molar-refractivity contribution in [3.63, 3.8) is 0 Å². The van der Waals surface area contributed by atoms with Crippen molar-refractivity contribution in [3.05, 3.63) is 66.3 Å². The number of unbranched alkanes of at least 4 members (excludes halogenated alkanes) is 2. The van der Waals surface area contributed by atoms with Crippen LogP contribution in [0.25, 0.3) is 0 Å². The van der Waals surface area contributed by atoms with Gasteiger partial charge in [0.2, 0.25) is 17.7 Å². The Hall–Kier alpha value is -6.73. The zero-order chi connectivity index (χ0) is 69.9. The largest absolute Gasteiger partial charge is 0.445 e. The second-order valence-corrected chi connectivity index (χ2v) is 28.1. The van der Waals surface area contributed by atoms with Gasteiger partial charge in [0.1, 0.15) is 36.7 Å². The Morgan fingerprint density at radius 1 is 0.786 bits per heavy atom. The number of urea groups is 1. The summed E-state index contributed by atoms with van der Waals surface area (Å²) in [5.41, 5.74) is 8.31. The molecule has 1 aromatic carbocycles. The third-order valence-corrected chi connectivity index (χ3v) is 20.7. The quantitative estimate of drug-likeness (QED) is 0.0307. The molecule has 28 nitrogen and oxygen atoms in total. The van der Waals surface area contributed by atoms with E-state index in [0.717, 1.165) is 49.0 Å². The van der Waals surface area contributed by atoms with E-state index < -0.39 is 95.8 Å². The van der Waals surface area contributed by atoms with E-state index in [-0.39, 0.29) is 149 Å². The first-order valence-corrected chi connectivity index (χ1v) is 34.9. The average Bonchev–Trinajstić information content (AvgIpc) is 1.55. The highest BCUT2D eigenvalue weighted by atomic mass is 16.7. The molecule has 0 spiro atoms. The van der Waals surface area contributed by atoms with Gasteiger partial charge in [-0.3, -0.25) is 28.8 Å². The summed E-state index contributed by atoms with van der Waals surface area (Å²) in [6.45, 7) is 14.6. The maximum Gasteiger partial charge on any atom is 0.407 e. The first-order valence-electron chi connectivity index (χ1n) is 34.9. The van der Waals surface area contributed by atoms with Crippen LogP contribution in [0.1, 0.15) is 148 Å². The third kappa shape index (κ3) is 18.6. The van der Waals surface area contributed by atoms with Crippen LogP contribution in [-0.4, -0.2) is 201 Å². The van der Waals surface area contributed by atoms with E-state index in [9.17, 15) is 48.3 Å². The maximum absolute atomic E-state index is 14.1. The molecule has 8 bridgehead atoms. The number of carbonyl (C=O) groups is 9. The molecule has 1 aromatic rings. The van der Waals surface area contributed by atoms with Gasteiger partial charge in [0.25, 0.3) is 11.8 Å². The van der Waals surface area contributed by atoms with Gasteiger partial charge in [-0.25, -0.2) is 14.4 Å². The number of amides is 8. The number of nitrogens with two attached hydrogens (primary N) is 1. The van der Waals surface area contributed by atoms with Crippen LogP contribution in [0.3, 0.4) is 0 Å². The number of nitrogens with one attached hydrogen (secondary N) is 5. The van der Waals surface area contributed by atoms with Crippen molar-refractivity contribution in [2.45, 2.75) is 253 Å². The fourth-order valence-corrected chi connectivity index (χ4v) is 15.7. The molecule has 8 amide bonds. The molecule has 0 aromatic heterocycles. The molecule has 2 unspecified atom stereocenters. The fourth-order valence-electron chi connectivity index (χ4n) is 15.7. The molecule has 540 valence electrons. The highest BCUT2D eigenvalue weighted by molar-refractivity contribution is 6.12. The number of primary amides is 1. The second-order valence-electron chi connectivity index (χ2n) is 28.1. The Bertz CT molecular complexity index is 3080. The van der Waals surface area contributed by atoms with Crippen LogP contribution < -0.4 is 32.3 Å². The highest BCUT2D eigenvalue weighted by Gasteiger charge is 2.64. The molecule has 8 fully saturated rings. The van der Waals surface area contributed by atoms with E-state index in [0.29, 0.717) is 74.3 Å². The van der Waals surface area contributed by atoms with Crippen molar-refractivity contribution in [3.8, 4) is 0 Å². The Labute approximate surface area is 571 Å². The number of nitrogens with zero attached hydrogens (tertiary/aromatic N) is 1. The maximum atomic E-state index is 14.1. The van der Waals surface area contributed by atoms with E-state index >= 15 is 0 Å². The minimum atomic E-state index is -1.11. The Morgan fingerprint density at radius 3 is 2.29 bits per heavy atom. The average molecular weight is 1370 g/mol. The summed E-state index contributed by atoms with van der Waals surface area (Å²) >= 11 is 0. The van der Waals surface area contributed by atoms with Gasteiger partial charge in [-0.05, 0) is 118 Å². The zero-order valence-corrected chi connectivity index (χ0v) is 56.8. The number of alkyl carbamates (subject to hydrolysis) is 1. The standard InChI is InChI=1S/C70H99N7O21/c1-37(2)62(76-58(80)13-9-8-10-14-61(83)98-77-59(81)23-24-60(77)82)67(85)75-51(12-11-25-72-68(71)86)66(84)74-42-17-15-41(16-18-42)36-91-69(87)73-34-44(79)29-54-63(89-7)49(40(5)92-54)28-43(78)27-46-20-22-53-64(94-46)56-32-55(95-53)65-57(88-6)33-70(96-56,97-65)50-31-47-26-38(3)52(93-47)21-19-45-30-48(50)39(4)35-90-45/h15-18,23-24,37,40,44-57,62-65,79H,3-4,8-14,19-22,25-36H2,1-2,5-7H3,(H,73,87)(H,74,84)(H,75,85)(H,76,80)(H3,71,72,86)/t40-,44-,45-,46+,47+,48+,49-,50?,51-,52-,53-,54+,55?,56+,57+,62-,63+,64-,65+,70-/m0/s1. The summed E-state index contributed by atoms with van der Waals surface area (Å²) in [6.07, 6.45) is 4.79. The van der Waals surface area contributed by atoms with Crippen molar-refractivity contribution < 1.29 is 100 Å². The van der Waals surface area contributed by atoms with Crippen LogP contribution >= 0.6 is 0 Å². The van der Waals surface area contributed by atoms with Crippen molar-refractivity contribution in [2.75, 3.05) is 39.2 Å². The topological polar surface area (TPSA) is 365 Å². The summed E-state index contributed by atoms with van der Waals surface area (Å²) in [4.78, 5) is 119. The Kier molecular flexibility index (Phi) is 25.4. The molecule has 28 heteroatoms. The lowest BCUT2D eigenvalue weighted by atomic mass is 9.72. The minimum Gasteiger partial charge on any atom is -0.445 e. The van der Waals surface area contributed by atoms with Crippen LogP contribution in [0, 0.1) is 23.7 Å². The lowest BCUT2D eigenvalue weighted by Crippen LogP contribution is -2.59. The van der Waals surface area contributed by atoms with Gasteiger partial charge < -0.3 is 89.6 Å². The molecule has 10 rings (SSSR count). The number of anilines is 1. The molecule has 9 heterocycles. The number of hydroxylamine groups is 2. The Morgan fingerprint density at radius 2 is 1.55 bits per heavy atom. The van der Waals surface area contributed by atoms with E-state index in [1.165, 1.54) is 0 Å². The fraction of sp³-hybridized carbons (Fsp3) is 0.700. The number of benzene rings is 1. The summed E-state index contributed by atoms with van der Waals surface area (Å²) in [7, 11) is 3.29. The molecule has 8 N–H and O–H groups in total. The van der Waals surface area contributed by atoms with E-state index in [2.05, 4.69) is 39.7 Å². The predicted octanol–water partition coefficient (Wildman–Crippen LogP) is 4.86. The van der Waals surface area contributed by atoms with Gasteiger partial charge in [0, 0.05) is 102 Å². The second kappa shape index (κ2) is 33.6. The van der Waals surface area contributed by atoms with Gasteiger partial charge >= 0.3 is 18.1 Å². The molecular weight excluding hydrogens is 1270 g/mol. The molecule has 8 saturated heterocycles. The number of hydrogen-bond donors (Lipinski definition) is 7. The van der Waals surface area contributed by atoms with Crippen LogP contribution in [-0.2, 0) is 92.4 Å². The number of ether oxygens (including phenoxy) is 10. The Balaban J connectivity index is 0.651. The van der Waals surface area contributed by atoms with Crippen molar-refractivity contribution in [1.29, 1.82) is 0 Å². The lowest BCUT2D eigenvalue weighted by molar-refractivity contribution is -0.301. The SMILES string of the molecule is C=C1C[C@@H]2CC([C@]34C[C@@H](OC)[C@H](O3)C3C[C@@H](O4)[C@H]4O[C@@H](CC(=O)C[C@@H]5[C@@H](OC)[C@@H](C[C@H](O)CNC(=O)OCc6ccc(NC(=O)[C@H](CCCNC(N)=O)NC(=O)[C@@H](NC(=O)CCCCCC(=O)ON7C(=O)C=CC7=O)C(C)C)cc6)O[C@H]5C)CC[C@@H]4O3)[C@@H]3C[C@H](CC[C@@H]1O2)OCC3=C. The molecule has 0 radical (unpaired) electrons. The number of aliphatic hydroxyl groups is 1. The number of imide groups is 1. The number of hydrogen-bond acceptors (Lipinski definition) is 21. The summed E-state index contributed by atoms with van der Waals surface area (Å²) in [6, 6.07) is 3.53. The normalized spacial score (nSPS) is 32.7. The van der Waals surface area contributed by atoms with Crippen molar-refractivity contribution in [1.82, 2.24) is 26.3 Å². The molecule has 98 heavy (non-hydrogen) atoms. The first kappa shape index (κ1) is 74.0. The number of Topliss-reactive ketones (excluding diaryl/α,β-unsaturated/α-hetero) is 1. The van der Waals surface area contributed by atoms with E-state index in [4.69, 9.17) is 57.9 Å².